The molecule has 0 radical (unpaired) electrons. The number of aryl methyl sites for hydroxylation is 1. The third kappa shape index (κ3) is 4.26. The van der Waals surface area contributed by atoms with Gasteiger partial charge in [-0.25, -0.2) is 0 Å². The van der Waals surface area contributed by atoms with Gasteiger partial charge < -0.3 is 9.30 Å². The van der Waals surface area contributed by atoms with Crippen LogP contribution in [0.15, 0.2) is 60.2 Å². The summed E-state index contributed by atoms with van der Waals surface area (Å²) >= 11 is 5.33. The Morgan fingerprint density at radius 3 is 2.35 bits per heavy atom. The van der Waals surface area contributed by atoms with E-state index in [2.05, 4.69) is 23.7 Å². The number of hydrogen-bond donors (Lipinski definition) is 1. The first-order valence-electron chi connectivity index (χ1n) is 11.1. The van der Waals surface area contributed by atoms with Crippen molar-refractivity contribution in [2.24, 2.45) is 0 Å². The van der Waals surface area contributed by atoms with Crippen molar-refractivity contribution in [1.82, 2.24) is 9.88 Å². The van der Waals surface area contributed by atoms with Gasteiger partial charge in [-0.1, -0.05) is 32.0 Å². The monoisotopic (exact) mass is 473 g/mol. The van der Waals surface area contributed by atoms with Crippen molar-refractivity contribution < 1.29 is 14.3 Å². The lowest BCUT2D eigenvalue weighted by molar-refractivity contribution is -0.122. The van der Waals surface area contributed by atoms with Crippen LogP contribution in [-0.4, -0.2) is 28.6 Å². The molecule has 2 aromatic carbocycles. The van der Waals surface area contributed by atoms with Crippen molar-refractivity contribution in [3.05, 3.63) is 82.7 Å². The fourth-order valence-corrected chi connectivity index (χ4v) is 4.42. The number of amides is 2. The minimum atomic E-state index is -0.503. The van der Waals surface area contributed by atoms with Gasteiger partial charge in [0.25, 0.3) is 11.8 Å². The highest BCUT2D eigenvalue weighted by Crippen LogP contribution is 2.28. The van der Waals surface area contributed by atoms with E-state index in [1.165, 1.54) is 4.90 Å². The number of nitrogens with zero attached hydrogens (tertiary/aromatic N) is 2. The van der Waals surface area contributed by atoms with Gasteiger partial charge >= 0.3 is 0 Å². The van der Waals surface area contributed by atoms with Crippen molar-refractivity contribution in [1.29, 1.82) is 0 Å². The Bertz CT molecular complexity index is 1320. The van der Waals surface area contributed by atoms with E-state index in [-0.39, 0.29) is 10.7 Å². The molecule has 1 N–H and O–H groups in total. The number of aromatic nitrogens is 1. The van der Waals surface area contributed by atoms with Crippen molar-refractivity contribution >= 4 is 40.9 Å². The Morgan fingerprint density at radius 1 is 1.00 bits per heavy atom. The molecule has 0 aliphatic carbocycles. The summed E-state index contributed by atoms with van der Waals surface area (Å²) in [7, 11) is 1.63. The number of anilines is 1. The first-order chi connectivity index (χ1) is 16.2. The summed E-state index contributed by atoms with van der Waals surface area (Å²) in [6.07, 6.45) is 1.63. The summed E-state index contributed by atoms with van der Waals surface area (Å²) in [6.45, 7) is 8.15. The Morgan fingerprint density at radius 2 is 1.71 bits per heavy atom. The predicted octanol–water partition coefficient (Wildman–Crippen LogP) is 5.06. The number of methoxy groups -OCH3 is 1. The van der Waals surface area contributed by atoms with Crippen LogP contribution in [0.3, 0.4) is 0 Å². The summed E-state index contributed by atoms with van der Waals surface area (Å²) < 4.78 is 7.42. The summed E-state index contributed by atoms with van der Waals surface area (Å²) in [5, 5.41) is 2.73. The highest BCUT2D eigenvalue weighted by atomic mass is 32.1. The van der Waals surface area contributed by atoms with Gasteiger partial charge in [0.05, 0.1) is 12.8 Å². The molecular formula is C27H27N3O3S. The van der Waals surface area contributed by atoms with Crippen LogP contribution in [0, 0.1) is 13.8 Å². The first-order valence-corrected chi connectivity index (χ1v) is 11.5. The van der Waals surface area contributed by atoms with Crippen LogP contribution in [0.25, 0.3) is 11.8 Å². The molecular weight excluding hydrogens is 446 g/mol. The molecule has 3 aromatic rings. The largest absolute Gasteiger partial charge is 0.497 e. The van der Waals surface area contributed by atoms with Crippen LogP contribution in [0.2, 0.25) is 0 Å². The van der Waals surface area contributed by atoms with E-state index in [1.807, 2.05) is 68.4 Å². The van der Waals surface area contributed by atoms with Crippen LogP contribution in [0.4, 0.5) is 5.69 Å². The zero-order valence-electron chi connectivity index (χ0n) is 19.9. The zero-order chi connectivity index (χ0) is 24.6. The summed E-state index contributed by atoms with van der Waals surface area (Å²) in [5.41, 5.74) is 5.40. The van der Waals surface area contributed by atoms with Crippen molar-refractivity contribution in [2.75, 3.05) is 12.0 Å². The standard InChI is InChI=1S/C27H27N3O3S/c1-16(2)19-9-11-21(12-10-19)30-26(32)24(25(31)28-27(30)34)14-20-13-17(3)29(18(20)4)22-7-6-8-23(15-22)33-5/h6-16H,1-5H3,(H,28,31,34)/b24-14-. The number of ether oxygens (including phenoxy) is 1. The van der Waals surface area contributed by atoms with Crippen LogP contribution < -0.4 is 15.0 Å². The third-order valence-corrected chi connectivity index (χ3v) is 6.29. The summed E-state index contributed by atoms with van der Waals surface area (Å²) in [4.78, 5) is 27.5. The average Bonchev–Trinajstić information content (AvgIpc) is 3.09. The van der Waals surface area contributed by atoms with Gasteiger partial charge in [0.15, 0.2) is 5.11 Å². The molecule has 7 heteroatoms. The fourth-order valence-electron chi connectivity index (χ4n) is 4.14. The van der Waals surface area contributed by atoms with Gasteiger partial charge in [0.2, 0.25) is 0 Å². The van der Waals surface area contributed by atoms with Crippen molar-refractivity contribution in [2.45, 2.75) is 33.6 Å². The van der Waals surface area contributed by atoms with Gasteiger partial charge in [-0.05, 0) is 79.5 Å². The molecule has 0 saturated carbocycles. The Balaban J connectivity index is 1.73. The second kappa shape index (κ2) is 9.27. The van der Waals surface area contributed by atoms with Gasteiger partial charge in [0, 0.05) is 23.1 Å². The summed E-state index contributed by atoms with van der Waals surface area (Å²) in [5.74, 6) is 0.167. The molecule has 0 bridgehead atoms. The van der Waals surface area contributed by atoms with Crippen LogP contribution in [-0.2, 0) is 9.59 Å². The van der Waals surface area contributed by atoms with E-state index in [4.69, 9.17) is 17.0 Å². The van der Waals surface area contributed by atoms with E-state index >= 15 is 0 Å². The maximum atomic E-state index is 13.4. The minimum Gasteiger partial charge on any atom is -0.497 e. The number of nitrogens with one attached hydrogen (secondary N) is 1. The third-order valence-electron chi connectivity index (χ3n) is 6.00. The second-order valence-corrected chi connectivity index (χ2v) is 8.95. The number of thiocarbonyl (C=S) groups is 1. The van der Waals surface area contributed by atoms with Crippen molar-refractivity contribution in [3.8, 4) is 11.4 Å². The molecule has 1 aromatic heterocycles. The number of hydrogen-bond acceptors (Lipinski definition) is 4. The maximum Gasteiger partial charge on any atom is 0.270 e. The molecule has 0 atom stereocenters. The van der Waals surface area contributed by atoms with E-state index in [0.717, 1.165) is 34.0 Å². The highest BCUT2D eigenvalue weighted by Gasteiger charge is 2.34. The topological polar surface area (TPSA) is 63.6 Å². The van der Waals surface area contributed by atoms with E-state index in [9.17, 15) is 9.59 Å². The SMILES string of the molecule is COc1cccc(-n2c(C)cc(/C=C3/C(=O)NC(=S)N(c4ccc(C(C)C)cc4)C3=O)c2C)c1. The number of carbonyl (C=O) groups excluding carboxylic acids is 2. The molecule has 2 amide bonds. The molecule has 34 heavy (non-hydrogen) atoms. The molecule has 174 valence electrons. The fraction of sp³-hybridized carbons (Fsp3) is 0.222. The zero-order valence-corrected chi connectivity index (χ0v) is 20.7. The lowest BCUT2D eigenvalue weighted by Gasteiger charge is -2.29. The molecule has 1 aliphatic rings. The lowest BCUT2D eigenvalue weighted by atomic mass is 10.0. The maximum absolute atomic E-state index is 13.4. The molecule has 6 nitrogen and oxygen atoms in total. The second-order valence-electron chi connectivity index (χ2n) is 8.57. The number of benzene rings is 2. The highest BCUT2D eigenvalue weighted by molar-refractivity contribution is 7.80. The van der Waals surface area contributed by atoms with Gasteiger partial charge in [-0.2, -0.15) is 0 Å². The molecule has 1 fully saturated rings. The van der Waals surface area contributed by atoms with Crippen LogP contribution >= 0.6 is 12.2 Å². The van der Waals surface area contributed by atoms with Gasteiger partial charge in [0.1, 0.15) is 11.3 Å². The Labute approximate surface area is 204 Å². The normalized spacial score (nSPS) is 15.3. The van der Waals surface area contributed by atoms with Crippen LogP contribution in [0.5, 0.6) is 5.75 Å². The minimum absolute atomic E-state index is 0.0347. The van der Waals surface area contributed by atoms with Gasteiger partial charge in [-0.15, -0.1) is 0 Å². The predicted molar refractivity (Wildman–Crippen MR) is 139 cm³/mol. The molecule has 0 spiro atoms. The summed E-state index contributed by atoms with van der Waals surface area (Å²) in [6, 6.07) is 17.3. The smallest absolute Gasteiger partial charge is 0.270 e. The Kier molecular flexibility index (Phi) is 6.39. The molecule has 1 saturated heterocycles. The number of carbonyl (C=O) groups is 2. The Hall–Kier alpha value is -3.71. The van der Waals surface area contributed by atoms with Gasteiger partial charge in [-0.3, -0.25) is 19.8 Å². The molecule has 2 heterocycles. The van der Waals surface area contributed by atoms with E-state index in [1.54, 1.807) is 13.2 Å². The lowest BCUT2D eigenvalue weighted by Crippen LogP contribution is -2.54. The van der Waals surface area contributed by atoms with Crippen LogP contribution in [0.1, 0.15) is 42.3 Å². The molecule has 1 aliphatic heterocycles. The van der Waals surface area contributed by atoms with Crippen molar-refractivity contribution in [3.63, 3.8) is 0 Å². The number of rotatable bonds is 5. The molecule has 4 rings (SSSR count). The first kappa shape index (κ1) is 23.4. The van der Waals surface area contributed by atoms with E-state index < -0.39 is 11.8 Å². The molecule has 0 unspecified atom stereocenters. The van der Waals surface area contributed by atoms with E-state index in [0.29, 0.717) is 11.6 Å². The average molecular weight is 474 g/mol. The quantitative estimate of drug-likeness (QED) is 0.320.